The van der Waals surface area contributed by atoms with E-state index in [1.807, 2.05) is 0 Å². The molecule has 7 nitrogen and oxygen atoms in total. The Morgan fingerprint density at radius 2 is 2.08 bits per heavy atom. The molecule has 0 spiro atoms. The van der Waals surface area contributed by atoms with Gasteiger partial charge in [-0.25, -0.2) is 5.10 Å². The molecule has 126 valence electrons. The van der Waals surface area contributed by atoms with Crippen molar-refractivity contribution in [2.45, 2.75) is 63.6 Å². The van der Waals surface area contributed by atoms with Crippen molar-refractivity contribution in [2.24, 2.45) is 10.2 Å². The molecule has 0 unspecified atom stereocenters. The summed E-state index contributed by atoms with van der Waals surface area (Å²) in [5.74, 6) is 2.47. The summed E-state index contributed by atoms with van der Waals surface area (Å²) >= 11 is 0. The third-order valence-corrected chi connectivity index (χ3v) is 4.64. The van der Waals surface area contributed by atoms with E-state index in [4.69, 9.17) is 6.42 Å². The fourth-order valence-electron chi connectivity index (χ4n) is 3.10. The van der Waals surface area contributed by atoms with E-state index in [9.17, 15) is 9.59 Å². The summed E-state index contributed by atoms with van der Waals surface area (Å²) in [4.78, 5) is 24.1. The first-order valence-corrected chi connectivity index (χ1v) is 8.37. The number of carbonyl (C=O) groups is 1. The number of amides is 1. The maximum Gasteiger partial charge on any atom is 0.269 e. The number of aryl methyl sites for hydroxylation is 1. The molecule has 7 heteroatoms. The highest BCUT2D eigenvalue weighted by Gasteiger charge is 2.39. The van der Waals surface area contributed by atoms with Crippen molar-refractivity contribution in [3.05, 3.63) is 27.2 Å². The number of fused-ring (bicyclic) bond motifs is 1. The Morgan fingerprint density at radius 3 is 2.83 bits per heavy atom. The van der Waals surface area contributed by atoms with E-state index in [1.165, 1.54) is 0 Å². The highest BCUT2D eigenvalue weighted by Crippen LogP contribution is 2.37. The molecule has 2 N–H and O–H groups in total. The summed E-state index contributed by atoms with van der Waals surface area (Å²) in [7, 11) is 0. The van der Waals surface area contributed by atoms with Crippen molar-refractivity contribution in [3.63, 3.8) is 0 Å². The normalized spacial score (nSPS) is 17.0. The average molecular weight is 327 g/mol. The lowest BCUT2D eigenvalue weighted by molar-refractivity contribution is -0.121. The zero-order valence-corrected chi connectivity index (χ0v) is 13.6. The number of nitrogens with zero attached hydrogens (tertiary/aromatic N) is 3. The molecule has 0 saturated heterocycles. The van der Waals surface area contributed by atoms with Crippen LogP contribution < -0.4 is 10.9 Å². The molecule has 3 rings (SSSR count). The zero-order chi connectivity index (χ0) is 17.0. The van der Waals surface area contributed by atoms with Gasteiger partial charge in [0.25, 0.3) is 5.56 Å². The van der Waals surface area contributed by atoms with Gasteiger partial charge in [-0.15, -0.1) is 12.3 Å². The fraction of sp³-hybridized carbons (Fsp3) is 0.588. The first-order chi connectivity index (χ1) is 11.6. The molecule has 0 bridgehead atoms. The van der Waals surface area contributed by atoms with Gasteiger partial charge in [-0.2, -0.15) is 15.3 Å². The lowest BCUT2D eigenvalue weighted by Gasteiger charge is -2.17. The van der Waals surface area contributed by atoms with E-state index < -0.39 is 5.66 Å². The Morgan fingerprint density at radius 1 is 1.29 bits per heavy atom. The van der Waals surface area contributed by atoms with Gasteiger partial charge >= 0.3 is 0 Å². The summed E-state index contributed by atoms with van der Waals surface area (Å²) in [6.07, 6.45) is 11.3. The van der Waals surface area contributed by atoms with Crippen LogP contribution in [-0.2, 0) is 24.2 Å². The van der Waals surface area contributed by atoms with Crippen LogP contribution in [-0.4, -0.2) is 21.8 Å². The molecule has 0 atom stereocenters. The minimum atomic E-state index is -0.447. The highest BCUT2D eigenvalue weighted by atomic mass is 16.1. The van der Waals surface area contributed by atoms with Crippen molar-refractivity contribution >= 4 is 5.91 Å². The van der Waals surface area contributed by atoms with Crippen molar-refractivity contribution in [1.82, 2.24) is 15.5 Å². The SMILES string of the molecule is C#CCCC1(CCC(=O)NCc2c3c(n[nH]c2=O)CCCC3)N=N1. The quantitative estimate of drug-likeness (QED) is 0.744. The molecule has 1 aliphatic carbocycles. The highest BCUT2D eigenvalue weighted by molar-refractivity contribution is 5.76. The Hall–Kier alpha value is -2.49. The number of aromatic nitrogens is 2. The summed E-state index contributed by atoms with van der Waals surface area (Å²) in [5, 5.41) is 17.5. The molecular weight excluding hydrogens is 306 g/mol. The topological polar surface area (TPSA) is 99.6 Å². The van der Waals surface area contributed by atoms with Crippen LogP contribution in [0.15, 0.2) is 15.0 Å². The monoisotopic (exact) mass is 327 g/mol. The van der Waals surface area contributed by atoms with Crippen LogP contribution >= 0.6 is 0 Å². The number of nitrogens with one attached hydrogen (secondary N) is 2. The predicted octanol–water partition coefficient (Wildman–Crippen LogP) is 1.62. The summed E-state index contributed by atoms with van der Waals surface area (Å²) in [6.45, 7) is 0.241. The predicted molar refractivity (Wildman–Crippen MR) is 88.2 cm³/mol. The van der Waals surface area contributed by atoms with E-state index in [-0.39, 0.29) is 18.0 Å². The van der Waals surface area contributed by atoms with Gasteiger partial charge in [-0.3, -0.25) is 9.59 Å². The number of hydrogen-bond acceptors (Lipinski definition) is 5. The standard InChI is InChI=1S/C17H21N5O2/c1-2-3-9-17(21-22-17)10-8-15(23)18-11-13-12-6-4-5-7-14(12)19-20-16(13)24/h1H,3-11H2,(H,18,23)(H,20,24). The molecule has 0 aromatic carbocycles. The van der Waals surface area contributed by atoms with Crippen LogP contribution in [0.3, 0.4) is 0 Å². The fourth-order valence-corrected chi connectivity index (χ4v) is 3.10. The molecule has 1 aliphatic heterocycles. The lowest BCUT2D eigenvalue weighted by Crippen LogP contribution is -2.30. The van der Waals surface area contributed by atoms with Crippen LogP contribution in [0.25, 0.3) is 0 Å². The van der Waals surface area contributed by atoms with Crippen molar-refractivity contribution < 1.29 is 4.79 Å². The molecule has 0 fully saturated rings. The van der Waals surface area contributed by atoms with Gasteiger partial charge in [0.1, 0.15) is 0 Å². The van der Waals surface area contributed by atoms with Gasteiger partial charge in [-0.1, -0.05) is 0 Å². The maximum atomic E-state index is 12.1. The van der Waals surface area contributed by atoms with Crippen LogP contribution in [0.5, 0.6) is 0 Å². The molecule has 2 heterocycles. The molecule has 24 heavy (non-hydrogen) atoms. The Balaban J connectivity index is 1.54. The van der Waals surface area contributed by atoms with Crippen LogP contribution in [0.1, 0.15) is 55.3 Å². The smallest absolute Gasteiger partial charge is 0.269 e. The van der Waals surface area contributed by atoms with Gasteiger partial charge in [0.05, 0.1) is 5.69 Å². The molecule has 0 saturated carbocycles. The summed E-state index contributed by atoms with van der Waals surface area (Å²) in [6, 6.07) is 0. The minimum Gasteiger partial charge on any atom is -0.352 e. The Kier molecular flexibility index (Phi) is 4.74. The second kappa shape index (κ2) is 6.95. The zero-order valence-electron chi connectivity index (χ0n) is 13.6. The second-order valence-corrected chi connectivity index (χ2v) is 6.33. The van der Waals surface area contributed by atoms with E-state index in [0.29, 0.717) is 31.2 Å². The number of carbonyl (C=O) groups excluding carboxylic acids is 1. The number of aromatic amines is 1. The first kappa shape index (κ1) is 16.4. The molecule has 1 amide bonds. The largest absolute Gasteiger partial charge is 0.352 e. The van der Waals surface area contributed by atoms with Crippen LogP contribution in [0.4, 0.5) is 0 Å². The van der Waals surface area contributed by atoms with Crippen molar-refractivity contribution in [2.75, 3.05) is 0 Å². The van der Waals surface area contributed by atoms with E-state index >= 15 is 0 Å². The minimum absolute atomic E-state index is 0.104. The molecule has 1 aromatic heterocycles. The number of rotatable bonds is 7. The van der Waals surface area contributed by atoms with E-state index in [0.717, 1.165) is 36.9 Å². The Bertz CT molecular complexity index is 753. The molecule has 0 radical (unpaired) electrons. The van der Waals surface area contributed by atoms with Crippen LogP contribution in [0.2, 0.25) is 0 Å². The Labute approximate surface area is 140 Å². The third kappa shape index (κ3) is 3.70. The number of hydrogen-bond donors (Lipinski definition) is 2. The molecule has 1 aromatic rings. The number of H-pyrrole nitrogens is 1. The first-order valence-electron chi connectivity index (χ1n) is 8.37. The maximum absolute atomic E-state index is 12.1. The number of terminal acetylenes is 1. The van der Waals surface area contributed by atoms with E-state index in [1.54, 1.807) is 0 Å². The van der Waals surface area contributed by atoms with E-state index in [2.05, 4.69) is 31.7 Å². The third-order valence-electron chi connectivity index (χ3n) is 4.64. The summed E-state index contributed by atoms with van der Waals surface area (Å²) < 4.78 is 0. The van der Waals surface area contributed by atoms with Crippen molar-refractivity contribution in [3.8, 4) is 12.3 Å². The van der Waals surface area contributed by atoms with Gasteiger partial charge in [0, 0.05) is 37.8 Å². The van der Waals surface area contributed by atoms with Gasteiger partial charge < -0.3 is 5.32 Å². The average Bonchev–Trinajstić information content (AvgIpc) is 3.38. The summed E-state index contributed by atoms with van der Waals surface area (Å²) in [5.41, 5.74) is 1.93. The lowest BCUT2D eigenvalue weighted by atomic mass is 9.93. The second-order valence-electron chi connectivity index (χ2n) is 6.33. The van der Waals surface area contributed by atoms with Crippen molar-refractivity contribution in [1.29, 1.82) is 0 Å². The molecular formula is C17H21N5O2. The van der Waals surface area contributed by atoms with Gasteiger partial charge in [0.15, 0.2) is 5.66 Å². The van der Waals surface area contributed by atoms with Gasteiger partial charge in [-0.05, 0) is 31.2 Å². The molecule has 2 aliphatic rings. The van der Waals surface area contributed by atoms with Gasteiger partial charge in [0.2, 0.25) is 5.91 Å². The van der Waals surface area contributed by atoms with Crippen LogP contribution in [0, 0.1) is 12.3 Å².